The van der Waals surface area contributed by atoms with Crippen LogP contribution >= 0.6 is 11.6 Å². The van der Waals surface area contributed by atoms with Gasteiger partial charge < -0.3 is 10.1 Å². The van der Waals surface area contributed by atoms with E-state index in [0.717, 1.165) is 18.3 Å². The summed E-state index contributed by atoms with van der Waals surface area (Å²) in [6.45, 7) is 5.37. The number of hydrogen-bond donors (Lipinski definition) is 1. The maximum atomic E-state index is 5.72. The Hall–Kier alpha value is -0.800. The number of halogens is 1. The molecule has 0 bridgehead atoms. The molecule has 1 unspecified atom stereocenters. The van der Waals surface area contributed by atoms with Crippen LogP contribution in [0.3, 0.4) is 0 Å². The number of pyridine rings is 1. The number of hydrogen-bond acceptors (Lipinski definition) is 3. The minimum Gasteiger partial charge on any atom is -0.492 e. The predicted octanol–water partition coefficient (Wildman–Crippen LogP) is 3.14. The van der Waals surface area contributed by atoms with E-state index >= 15 is 0 Å². The number of rotatable bonds is 6. The molecule has 1 aliphatic rings. The van der Waals surface area contributed by atoms with Crippen molar-refractivity contribution in [3.63, 3.8) is 0 Å². The molecule has 1 N–H and O–H groups in total. The molecule has 0 saturated carbocycles. The zero-order valence-corrected chi connectivity index (χ0v) is 11.6. The average Bonchev–Trinajstić information content (AvgIpc) is 2.89. The van der Waals surface area contributed by atoms with E-state index < -0.39 is 0 Å². The van der Waals surface area contributed by atoms with Gasteiger partial charge >= 0.3 is 0 Å². The van der Waals surface area contributed by atoms with Crippen LogP contribution in [-0.2, 0) is 0 Å². The summed E-state index contributed by atoms with van der Waals surface area (Å²) in [7, 11) is 0. The molecule has 0 radical (unpaired) electrons. The van der Waals surface area contributed by atoms with Crippen LogP contribution < -0.4 is 10.1 Å². The highest BCUT2D eigenvalue weighted by molar-refractivity contribution is 6.29. The average molecular weight is 269 g/mol. The third-order valence-corrected chi connectivity index (χ3v) is 3.69. The molecule has 3 nitrogen and oxygen atoms in total. The molecule has 1 fully saturated rings. The first-order valence-electron chi connectivity index (χ1n) is 6.69. The summed E-state index contributed by atoms with van der Waals surface area (Å²) < 4.78 is 5.70. The standard InChI is InChI=1S/C14H21ClN2O/c1-11(2-3-12-6-7-16-8-12)10-18-13-4-5-14(15)17-9-13/h4-5,9,11-12,16H,2-3,6-8,10H2,1H3/t11?,12-/m0/s1. The molecule has 2 atom stereocenters. The van der Waals surface area contributed by atoms with Crippen molar-refractivity contribution in [1.82, 2.24) is 10.3 Å². The summed E-state index contributed by atoms with van der Waals surface area (Å²) in [6, 6.07) is 3.62. The maximum absolute atomic E-state index is 5.72. The molecule has 0 aromatic carbocycles. The molecule has 0 aliphatic carbocycles. The van der Waals surface area contributed by atoms with Crippen molar-refractivity contribution in [3.8, 4) is 5.75 Å². The molecule has 18 heavy (non-hydrogen) atoms. The third kappa shape index (κ3) is 4.46. The van der Waals surface area contributed by atoms with Gasteiger partial charge in [-0.2, -0.15) is 0 Å². The van der Waals surface area contributed by atoms with Gasteiger partial charge in [0.15, 0.2) is 0 Å². The number of nitrogens with one attached hydrogen (secondary N) is 1. The van der Waals surface area contributed by atoms with E-state index in [1.807, 2.05) is 6.07 Å². The zero-order valence-electron chi connectivity index (χ0n) is 10.9. The molecule has 2 rings (SSSR count). The van der Waals surface area contributed by atoms with Gasteiger partial charge in [0.2, 0.25) is 0 Å². The first-order chi connectivity index (χ1) is 8.74. The molecular formula is C14H21ClN2O. The molecule has 4 heteroatoms. The largest absolute Gasteiger partial charge is 0.492 e. The second-order valence-corrected chi connectivity index (χ2v) is 5.56. The summed E-state index contributed by atoms with van der Waals surface area (Å²) in [5, 5.41) is 3.91. The lowest BCUT2D eigenvalue weighted by Crippen LogP contribution is -2.13. The molecule has 0 spiro atoms. The number of aromatic nitrogens is 1. The molecule has 2 heterocycles. The van der Waals surface area contributed by atoms with Crippen molar-refractivity contribution in [2.45, 2.75) is 26.2 Å². The van der Waals surface area contributed by atoms with Gasteiger partial charge in [-0.1, -0.05) is 18.5 Å². The van der Waals surface area contributed by atoms with E-state index in [2.05, 4.69) is 17.2 Å². The van der Waals surface area contributed by atoms with Crippen LogP contribution in [0.4, 0.5) is 0 Å². The van der Waals surface area contributed by atoms with Gasteiger partial charge in [-0.25, -0.2) is 4.98 Å². The highest BCUT2D eigenvalue weighted by Gasteiger charge is 2.15. The van der Waals surface area contributed by atoms with Gasteiger partial charge in [0.05, 0.1) is 12.8 Å². The van der Waals surface area contributed by atoms with Crippen molar-refractivity contribution in [1.29, 1.82) is 0 Å². The lowest BCUT2D eigenvalue weighted by molar-refractivity contribution is 0.243. The number of ether oxygens (including phenoxy) is 1. The highest BCUT2D eigenvalue weighted by Crippen LogP contribution is 2.19. The molecule has 100 valence electrons. The maximum Gasteiger partial charge on any atom is 0.137 e. The lowest BCUT2D eigenvalue weighted by Gasteiger charge is -2.15. The zero-order chi connectivity index (χ0) is 12.8. The van der Waals surface area contributed by atoms with Gasteiger partial charge in [0.1, 0.15) is 10.9 Å². The minimum absolute atomic E-state index is 0.504. The fourth-order valence-corrected chi connectivity index (χ4v) is 2.36. The lowest BCUT2D eigenvalue weighted by atomic mass is 9.97. The van der Waals surface area contributed by atoms with E-state index in [-0.39, 0.29) is 0 Å². The van der Waals surface area contributed by atoms with Gasteiger partial charge in [-0.05, 0) is 56.3 Å². The molecule has 1 aliphatic heterocycles. The second-order valence-electron chi connectivity index (χ2n) is 5.17. The summed E-state index contributed by atoms with van der Waals surface area (Å²) >= 11 is 5.72. The Morgan fingerprint density at radius 1 is 1.56 bits per heavy atom. The smallest absolute Gasteiger partial charge is 0.137 e. The fourth-order valence-electron chi connectivity index (χ4n) is 2.25. The Kier molecular flexibility index (Phi) is 5.26. The predicted molar refractivity (Wildman–Crippen MR) is 74.1 cm³/mol. The summed E-state index contributed by atoms with van der Waals surface area (Å²) in [4.78, 5) is 4.00. The van der Waals surface area contributed by atoms with Crippen molar-refractivity contribution in [3.05, 3.63) is 23.5 Å². The van der Waals surface area contributed by atoms with Gasteiger partial charge in [-0.3, -0.25) is 0 Å². The van der Waals surface area contributed by atoms with Gasteiger partial charge in [0.25, 0.3) is 0 Å². The van der Waals surface area contributed by atoms with Crippen molar-refractivity contribution < 1.29 is 4.74 Å². The first kappa shape index (κ1) is 13.6. The Morgan fingerprint density at radius 3 is 3.11 bits per heavy atom. The number of nitrogens with zero attached hydrogens (tertiary/aromatic N) is 1. The van der Waals surface area contributed by atoms with E-state index in [1.165, 1.54) is 32.4 Å². The van der Waals surface area contributed by atoms with Crippen LogP contribution in [0.25, 0.3) is 0 Å². The third-order valence-electron chi connectivity index (χ3n) is 3.46. The Balaban J connectivity index is 1.64. The molecule has 1 aromatic heterocycles. The molecule has 0 amide bonds. The van der Waals surface area contributed by atoms with E-state index in [9.17, 15) is 0 Å². The monoisotopic (exact) mass is 268 g/mol. The van der Waals surface area contributed by atoms with Crippen molar-refractivity contribution >= 4 is 11.6 Å². The van der Waals surface area contributed by atoms with Crippen molar-refractivity contribution in [2.24, 2.45) is 11.8 Å². The van der Waals surface area contributed by atoms with Gasteiger partial charge in [0, 0.05) is 0 Å². The second kappa shape index (κ2) is 6.95. The fraction of sp³-hybridized carbons (Fsp3) is 0.643. The Labute approximate surface area is 114 Å². The first-order valence-corrected chi connectivity index (χ1v) is 7.07. The SMILES string of the molecule is CC(CC[C@H]1CCNC1)COc1ccc(Cl)nc1. The molecular weight excluding hydrogens is 248 g/mol. The summed E-state index contributed by atoms with van der Waals surface area (Å²) in [5.74, 6) is 2.25. The van der Waals surface area contributed by atoms with Crippen molar-refractivity contribution in [2.75, 3.05) is 19.7 Å². The van der Waals surface area contributed by atoms with Crippen LogP contribution in [-0.4, -0.2) is 24.7 Å². The van der Waals surface area contributed by atoms with Crippen LogP contribution in [0.2, 0.25) is 5.15 Å². The normalized spacial score (nSPS) is 20.9. The van der Waals surface area contributed by atoms with Crippen LogP contribution in [0.15, 0.2) is 18.3 Å². The Morgan fingerprint density at radius 2 is 2.44 bits per heavy atom. The minimum atomic E-state index is 0.504. The van der Waals surface area contributed by atoms with Crippen LogP contribution in [0.5, 0.6) is 5.75 Å². The molecule has 1 saturated heterocycles. The van der Waals surface area contributed by atoms with Gasteiger partial charge in [-0.15, -0.1) is 0 Å². The highest BCUT2D eigenvalue weighted by atomic mass is 35.5. The van der Waals surface area contributed by atoms with Crippen LogP contribution in [0, 0.1) is 11.8 Å². The van der Waals surface area contributed by atoms with E-state index in [0.29, 0.717) is 11.1 Å². The summed E-state index contributed by atoms with van der Waals surface area (Å²) in [6.07, 6.45) is 5.54. The molecule has 1 aromatic rings. The topological polar surface area (TPSA) is 34.1 Å². The summed E-state index contributed by atoms with van der Waals surface area (Å²) in [5.41, 5.74) is 0. The van der Waals surface area contributed by atoms with E-state index in [4.69, 9.17) is 16.3 Å². The quantitative estimate of drug-likeness (QED) is 0.805. The van der Waals surface area contributed by atoms with Crippen LogP contribution in [0.1, 0.15) is 26.2 Å². The Bertz CT molecular complexity index is 349. The van der Waals surface area contributed by atoms with E-state index in [1.54, 1.807) is 12.3 Å².